The Bertz CT molecular complexity index is 815. The van der Waals surface area contributed by atoms with Gasteiger partial charge in [0.25, 0.3) is 0 Å². The highest BCUT2D eigenvalue weighted by Gasteiger charge is 2.47. The number of unbranched alkanes of at least 4 members (excludes halogenated alkanes) is 3. The minimum atomic E-state index is -2.02. The Morgan fingerprint density at radius 2 is 1.71 bits per heavy atom. The number of esters is 1. The van der Waals surface area contributed by atoms with Crippen molar-refractivity contribution in [1.29, 1.82) is 0 Å². The van der Waals surface area contributed by atoms with E-state index in [1.54, 1.807) is 0 Å². The zero-order valence-corrected chi connectivity index (χ0v) is 28.4. The van der Waals surface area contributed by atoms with Crippen LogP contribution in [-0.4, -0.2) is 52.6 Å². The van der Waals surface area contributed by atoms with Crippen LogP contribution < -0.4 is 0 Å². The number of carbonyl (C=O) groups is 1. The molecule has 0 aromatic rings. The minimum Gasteiger partial charge on any atom is -0.469 e. The van der Waals surface area contributed by atoms with Gasteiger partial charge < -0.3 is 18.7 Å². The molecule has 0 aromatic carbocycles. The normalized spacial score (nSPS) is 24.2. The SMILES string of the molecule is CCCCC[C@@](C)(/C=C/[C@@H]1[C@@H](CC#CCCCC(=O)OC)[C@@H](O)C[C@H]1O[Si](C)(C)C(C)(C)C)O[Si](C)(C)C. The van der Waals surface area contributed by atoms with Crippen LogP contribution in [0.3, 0.4) is 0 Å². The van der Waals surface area contributed by atoms with Gasteiger partial charge in [-0.2, -0.15) is 0 Å². The highest BCUT2D eigenvalue weighted by molar-refractivity contribution is 6.74. The van der Waals surface area contributed by atoms with Crippen LogP contribution in [0.25, 0.3) is 0 Å². The van der Waals surface area contributed by atoms with Crippen LogP contribution in [0.1, 0.15) is 92.4 Å². The van der Waals surface area contributed by atoms with Gasteiger partial charge in [0.05, 0.1) is 24.9 Å². The van der Waals surface area contributed by atoms with Gasteiger partial charge >= 0.3 is 5.97 Å². The maximum Gasteiger partial charge on any atom is 0.305 e. The van der Waals surface area contributed by atoms with Crippen molar-refractivity contribution in [3.8, 4) is 11.8 Å². The predicted octanol–water partition coefficient (Wildman–Crippen LogP) is 7.86. The van der Waals surface area contributed by atoms with Crippen LogP contribution in [0, 0.1) is 23.7 Å². The van der Waals surface area contributed by atoms with Crippen LogP contribution in [0.2, 0.25) is 37.8 Å². The lowest BCUT2D eigenvalue weighted by Gasteiger charge is -2.40. The standard InChI is InChI=1S/C31H58O5Si2/c1-12-13-18-22-31(5,36-37(7,8)9)23-21-26-25(19-16-14-15-17-20-29(33)34-6)27(32)24-28(26)35-38(10,11)30(2,3)4/h21,23,25-28,32H,12-13,15,17-20,22,24H2,1-11H3/b23-21+/t25-,26-,27+,28-,31+/m1/s1. The van der Waals surface area contributed by atoms with Gasteiger partial charge in [0.15, 0.2) is 16.6 Å². The second kappa shape index (κ2) is 15.2. The van der Waals surface area contributed by atoms with E-state index in [0.717, 1.165) is 12.8 Å². The van der Waals surface area contributed by atoms with E-state index in [-0.39, 0.29) is 34.5 Å². The van der Waals surface area contributed by atoms with Crippen LogP contribution >= 0.6 is 0 Å². The van der Waals surface area contributed by atoms with Crippen LogP contribution in [0.5, 0.6) is 0 Å². The van der Waals surface area contributed by atoms with Crippen molar-refractivity contribution in [3.05, 3.63) is 12.2 Å². The van der Waals surface area contributed by atoms with Crippen LogP contribution in [0.15, 0.2) is 12.2 Å². The molecule has 0 amide bonds. The fourth-order valence-corrected chi connectivity index (χ4v) is 7.87. The molecule has 38 heavy (non-hydrogen) atoms. The summed E-state index contributed by atoms with van der Waals surface area (Å²) in [5, 5.41) is 11.3. The van der Waals surface area contributed by atoms with E-state index in [1.807, 2.05) is 0 Å². The molecular weight excluding hydrogens is 509 g/mol. The molecule has 0 heterocycles. The average Bonchev–Trinajstić information content (AvgIpc) is 3.05. The van der Waals surface area contributed by atoms with Crippen LogP contribution in [0.4, 0.5) is 0 Å². The summed E-state index contributed by atoms with van der Waals surface area (Å²) in [6.45, 7) is 22.6. The zero-order valence-electron chi connectivity index (χ0n) is 26.4. The van der Waals surface area contributed by atoms with Gasteiger partial charge in [-0.25, -0.2) is 0 Å². The van der Waals surface area contributed by atoms with E-state index in [1.165, 1.54) is 20.0 Å². The Morgan fingerprint density at radius 3 is 2.26 bits per heavy atom. The molecule has 5 atom stereocenters. The van der Waals surface area contributed by atoms with Gasteiger partial charge in [-0.05, 0) is 64.0 Å². The van der Waals surface area contributed by atoms with E-state index in [4.69, 9.17) is 13.6 Å². The number of aliphatic hydroxyl groups excluding tert-OH is 1. The highest BCUT2D eigenvalue weighted by Crippen LogP contribution is 2.44. The molecule has 1 N–H and O–H groups in total. The molecular formula is C31H58O5Si2. The Morgan fingerprint density at radius 1 is 1.05 bits per heavy atom. The molecule has 0 aromatic heterocycles. The number of methoxy groups -OCH3 is 1. The van der Waals surface area contributed by atoms with Crippen molar-refractivity contribution in [2.45, 2.75) is 148 Å². The maximum absolute atomic E-state index is 11.4. The molecule has 1 aliphatic rings. The van der Waals surface area contributed by atoms with Crippen molar-refractivity contribution in [1.82, 2.24) is 0 Å². The topological polar surface area (TPSA) is 65.0 Å². The highest BCUT2D eigenvalue weighted by atomic mass is 28.4. The molecule has 0 saturated heterocycles. The van der Waals surface area contributed by atoms with E-state index in [9.17, 15) is 9.90 Å². The van der Waals surface area contributed by atoms with Gasteiger partial charge in [-0.3, -0.25) is 4.79 Å². The summed E-state index contributed by atoms with van der Waals surface area (Å²) in [4.78, 5) is 11.4. The molecule has 1 aliphatic carbocycles. The second-order valence-corrected chi connectivity index (χ2v) is 23.0. The van der Waals surface area contributed by atoms with Crippen molar-refractivity contribution in [2.75, 3.05) is 7.11 Å². The Balaban J connectivity index is 3.21. The third-order valence-corrected chi connectivity index (χ3v) is 13.6. The fraction of sp³-hybridized carbons (Fsp3) is 0.839. The summed E-state index contributed by atoms with van der Waals surface area (Å²) in [5.41, 5.74) is -0.321. The van der Waals surface area contributed by atoms with Gasteiger partial charge in [0.1, 0.15) is 0 Å². The molecule has 1 rings (SSSR count). The molecule has 5 nitrogen and oxygen atoms in total. The summed E-state index contributed by atoms with van der Waals surface area (Å²) in [6, 6.07) is 0. The maximum atomic E-state index is 11.4. The fourth-order valence-electron chi connectivity index (χ4n) is 4.93. The zero-order chi connectivity index (χ0) is 29.2. The quantitative estimate of drug-likeness (QED) is 0.0762. The Labute approximate surface area is 236 Å². The number of hydrogen-bond donors (Lipinski definition) is 1. The van der Waals surface area contributed by atoms with E-state index < -0.39 is 22.7 Å². The third kappa shape index (κ3) is 12.1. The minimum absolute atomic E-state index is 0.0147. The summed E-state index contributed by atoms with van der Waals surface area (Å²) >= 11 is 0. The van der Waals surface area contributed by atoms with Gasteiger partial charge in [0, 0.05) is 31.1 Å². The second-order valence-electron chi connectivity index (χ2n) is 13.8. The summed E-state index contributed by atoms with van der Waals surface area (Å²) in [6.07, 6.45) is 11.6. The van der Waals surface area contributed by atoms with E-state index >= 15 is 0 Å². The van der Waals surface area contributed by atoms with Crippen molar-refractivity contribution < 1.29 is 23.5 Å². The first-order valence-corrected chi connectivity index (χ1v) is 21.0. The smallest absolute Gasteiger partial charge is 0.305 e. The third-order valence-electron chi connectivity index (χ3n) is 8.00. The van der Waals surface area contributed by atoms with Crippen molar-refractivity contribution >= 4 is 22.6 Å². The van der Waals surface area contributed by atoms with Gasteiger partial charge in [-0.15, -0.1) is 11.8 Å². The lowest BCUT2D eigenvalue weighted by Crippen LogP contribution is -2.45. The lowest BCUT2D eigenvalue weighted by molar-refractivity contribution is -0.140. The molecule has 7 heteroatoms. The van der Waals surface area contributed by atoms with E-state index in [2.05, 4.69) is 91.3 Å². The first kappa shape index (κ1) is 35.1. The molecule has 0 spiro atoms. The average molecular weight is 567 g/mol. The summed E-state index contributed by atoms with van der Waals surface area (Å²) < 4.78 is 18.4. The van der Waals surface area contributed by atoms with Crippen LogP contribution in [-0.2, 0) is 18.4 Å². The molecule has 0 bridgehead atoms. The Hall–Kier alpha value is -0.916. The largest absolute Gasteiger partial charge is 0.469 e. The predicted molar refractivity (Wildman–Crippen MR) is 164 cm³/mol. The van der Waals surface area contributed by atoms with Gasteiger partial charge in [-0.1, -0.05) is 59.1 Å². The van der Waals surface area contributed by atoms with Crippen molar-refractivity contribution in [3.63, 3.8) is 0 Å². The molecule has 220 valence electrons. The lowest BCUT2D eigenvalue weighted by atomic mass is 9.88. The first-order chi connectivity index (χ1) is 17.4. The molecule has 1 saturated carbocycles. The van der Waals surface area contributed by atoms with Gasteiger partial charge in [0.2, 0.25) is 0 Å². The molecule has 0 unspecified atom stereocenters. The number of aliphatic hydroxyl groups is 1. The first-order valence-electron chi connectivity index (χ1n) is 14.7. The number of carbonyl (C=O) groups excluding carboxylic acids is 1. The Kier molecular flexibility index (Phi) is 14.0. The van der Waals surface area contributed by atoms with E-state index in [0.29, 0.717) is 32.1 Å². The summed E-state index contributed by atoms with van der Waals surface area (Å²) in [7, 11) is -2.38. The molecule has 0 aliphatic heterocycles. The molecule has 0 radical (unpaired) electrons. The monoisotopic (exact) mass is 566 g/mol. The number of hydrogen-bond acceptors (Lipinski definition) is 5. The van der Waals surface area contributed by atoms with Crippen molar-refractivity contribution in [2.24, 2.45) is 11.8 Å². The number of ether oxygens (including phenoxy) is 1. The number of rotatable bonds is 14. The molecule has 1 fully saturated rings. The summed E-state index contributed by atoms with van der Waals surface area (Å²) in [5.74, 6) is 6.42.